The third kappa shape index (κ3) is 13.4. The Balaban J connectivity index is 1.85. The SMILES string of the molecule is COc1ccc(C[C@H](NC(=O)CC(C)(C)N)C(=O)C[C@@H](Cc2cnc[nH]2)C(=O)N[C@@H](CC2CCCCC2)[C@@H](O)[C@@H](O)CC(C)C)cc1. The largest absolute Gasteiger partial charge is 0.497 e. The van der Waals surface area contributed by atoms with Gasteiger partial charge in [0.25, 0.3) is 0 Å². The van der Waals surface area contributed by atoms with Gasteiger partial charge in [-0.2, -0.15) is 0 Å². The molecule has 0 spiro atoms. The smallest absolute Gasteiger partial charge is 0.224 e. The molecule has 47 heavy (non-hydrogen) atoms. The van der Waals surface area contributed by atoms with Crippen molar-refractivity contribution in [1.29, 1.82) is 0 Å². The number of carbonyl (C=O) groups excluding carboxylic acids is 3. The number of imidazole rings is 1. The summed E-state index contributed by atoms with van der Waals surface area (Å²) in [5.41, 5.74) is 6.83. The number of aliphatic hydroxyl groups is 2. The molecule has 1 aliphatic rings. The molecule has 1 fully saturated rings. The molecule has 262 valence electrons. The second kappa shape index (κ2) is 18.3. The van der Waals surface area contributed by atoms with Crippen molar-refractivity contribution in [1.82, 2.24) is 20.6 Å². The molecule has 3 rings (SSSR count). The summed E-state index contributed by atoms with van der Waals surface area (Å²) in [5.74, 6) is -0.681. The molecule has 5 atom stereocenters. The van der Waals surface area contributed by atoms with Crippen molar-refractivity contribution in [2.24, 2.45) is 23.5 Å². The zero-order valence-corrected chi connectivity index (χ0v) is 28.8. The standard InChI is InChI=1S/C36H57N5O6/c1-23(2)15-32(43)34(45)30(17-24-9-7-6-8-10-24)41-35(46)26(18-27-21-38-22-39-27)19-31(42)29(40-33(44)20-36(3,4)37)16-25-11-13-28(47-5)14-12-25/h11-14,21-24,26,29-30,32,34,43,45H,6-10,15-20,37H2,1-5H3,(H,38,39)(H,40,44)(H,41,46)/t26-,29+,30+,32+,34-/m1/s1. The van der Waals surface area contributed by atoms with Gasteiger partial charge in [-0.05, 0) is 62.6 Å². The molecule has 1 aromatic heterocycles. The molecule has 0 aliphatic heterocycles. The summed E-state index contributed by atoms with van der Waals surface area (Å²) in [4.78, 5) is 48.2. The molecular formula is C36H57N5O6. The molecule has 1 saturated carbocycles. The van der Waals surface area contributed by atoms with Crippen LogP contribution in [0.15, 0.2) is 36.8 Å². The number of H-pyrrole nitrogens is 1. The number of nitrogens with zero attached hydrogens (tertiary/aromatic N) is 1. The van der Waals surface area contributed by atoms with E-state index in [1.807, 2.05) is 26.0 Å². The van der Waals surface area contributed by atoms with E-state index < -0.39 is 35.7 Å². The van der Waals surface area contributed by atoms with Gasteiger partial charge in [0.05, 0.1) is 37.5 Å². The lowest BCUT2D eigenvalue weighted by molar-refractivity contribution is -0.133. The Morgan fingerprint density at radius 2 is 1.74 bits per heavy atom. The number of aromatic nitrogens is 2. The van der Waals surface area contributed by atoms with Gasteiger partial charge in [-0.1, -0.05) is 58.1 Å². The Morgan fingerprint density at radius 3 is 2.32 bits per heavy atom. The average molecular weight is 656 g/mol. The first-order valence-electron chi connectivity index (χ1n) is 17.1. The zero-order chi connectivity index (χ0) is 34.6. The topological polar surface area (TPSA) is 180 Å². The molecule has 2 amide bonds. The number of hydrogen-bond donors (Lipinski definition) is 6. The summed E-state index contributed by atoms with van der Waals surface area (Å²) in [7, 11) is 1.57. The molecule has 1 aliphatic carbocycles. The Bertz CT molecular complexity index is 1240. The van der Waals surface area contributed by atoms with Crippen LogP contribution in [-0.4, -0.2) is 74.7 Å². The fraction of sp³-hybridized carbons (Fsp3) is 0.667. The number of Topliss-reactive ketones (excluding diaryl/α,β-unsaturated/α-hetero) is 1. The number of methoxy groups -OCH3 is 1. The molecule has 0 radical (unpaired) electrons. The van der Waals surface area contributed by atoms with E-state index >= 15 is 0 Å². The lowest BCUT2D eigenvalue weighted by Gasteiger charge is -2.33. The number of nitrogens with one attached hydrogen (secondary N) is 3. The summed E-state index contributed by atoms with van der Waals surface area (Å²) in [6, 6.07) is 5.70. The summed E-state index contributed by atoms with van der Waals surface area (Å²) in [6.45, 7) is 7.44. The molecule has 2 aromatic rings. The number of aromatic amines is 1. The van der Waals surface area contributed by atoms with Gasteiger partial charge >= 0.3 is 0 Å². The van der Waals surface area contributed by atoms with E-state index in [0.29, 0.717) is 30.2 Å². The van der Waals surface area contributed by atoms with Crippen molar-refractivity contribution >= 4 is 17.6 Å². The maximum Gasteiger partial charge on any atom is 0.224 e. The second-order valence-corrected chi connectivity index (χ2v) is 14.5. The maximum absolute atomic E-state index is 14.1. The highest BCUT2D eigenvalue weighted by atomic mass is 16.5. The van der Waals surface area contributed by atoms with Crippen LogP contribution in [0, 0.1) is 17.8 Å². The van der Waals surface area contributed by atoms with Gasteiger partial charge in [0, 0.05) is 36.7 Å². The summed E-state index contributed by atoms with van der Waals surface area (Å²) in [6.07, 6.45) is 7.68. The van der Waals surface area contributed by atoms with Crippen LogP contribution in [0.25, 0.3) is 0 Å². The Labute approximate surface area is 279 Å². The Morgan fingerprint density at radius 1 is 1.06 bits per heavy atom. The van der Waals surface area contributed by atoms with E-state index in [2.05, 4.69) is 20.6 Å². The van der Waals surface area contributed by atoms with E-state index in [4.69, 9.17) is 10.5 Å². The minimum Gasteiger partial charge on any atom is -0.497 e. The molecule has 1 aromatic carbocycles. The van der Waals surface area contributed by atoms with Gasteiger partial charge < -0.3 is 36.3 Å². The van der Waals surface area contributed by atoms with Crippen LogP contribution in [0.2, 0.25) is 0 Å². The number of ketones is 1. The highest BCUT2D eigenvalue weighted by molar-refractivity contribution is 5.93. The van der Waals surface area contributed by atoms with Crippen LogP contribution >= 0.6 is 0 Å². The van der Waals surface area contributed by atoms with Gasteiger partial charge in [-0.15, -0.1) is 0 Å². The summed E-state index contributed by atoms with van der Waals surface area (Å²) in [5, 5.41) is 28.1. The van der Waals surface area contributed by atoms with Crippen molar-refractivity contribution in [2.75, 3.05) is 7.11 Å². The van der Waals surface area contributed by atoms with Gasteiger partial charge in [0.1, 0.15) is 11.9 Å². The third-order valence-electron chi connectivity index (χ3n) is 8.94. The minimum atomic E-state index is -1.14. The molecule has 7 N–H and O–H groups in total. The molecule has 11 heteroatoms. The quantitative estimate of drug-likeness (QED) is 0.133. The van der Waals surface area contributed by atoms with Gasteiger partial charge in [-0.25, -0.2) is 4.98 Å². The van der Waals surface area contributed by atoms with E-state index in [9.17, 15) is 24.6 Å². The first kappa shape index (κ1) is 38.2. The fourth-order valence-corrected chi connectivity index (χ4v) is 6.46. The van der Waals surface area contributed by atoms with E-state index in [1.165, 1.54) is 12.7 Å². The number of amides is 2. The van der Waals surface area contributed by atoms with E-state index in [1.54, 1.807) is 39.3 Å². The van der Waals surface area contributed by atoms with Crippen LogP contribution in [0.1, 0.15) is 96.7 Å². The number of nitrogens with two attached hydrogens (primary N) is 1. The number of ether oxygens (including phenoxy) is 1. The lowest BCUT2D eigenvalue weighted by Crippen LogP contribution is -2.52. The number of rotatable bonds is 19. The van der Waals surface area contributed by atoms with Gasteiger partial charge in [-0.3, -0.25) is 14.4 Å². The molecule has 11 nitrogen and oxygen atoms in total. The van der Waals surface area contributed by atoms with Crippen molar-refractivity contribution in [3.05, 3.63) is 48.0 Å². The highest BCUT2D eigenvalue weighted by Crippen LogP contribution is 2.29. The van der Waals surface area contributed by atoms with Crippen LogP contribution in [0.5, 0.6) is 5.75 Å². The molecule has 1 heterocycles. The second-order valence-electron chi connectivity index (χ2n) is 14.5. The van der Waals surface area contributed by atoms with Crippen molar-refractivity contribution < 1.29 is 29.3 Å². The maximum atomic E-state index is 14.1. The first-order chi connectivity index (χ1) is 22.2. The van der Waals surface area contributed by atoms with Crippen LogP contribution in [0.4, 0.5) is 0 Å². The molecular weight excluding hydrogens is 598 g/mol. The molecule has 0 saturated heterocycles. The van der Waals surface area contributed by atoms with Crippen molar-refractivity contribution in [3.8, 4) is 5.75 Å². The van der Waals surface area contributed by atoms with Crippen molar-refractivity contribution in [3.63, 3.8) is 0 Å². The Hall–Kier alpha value is -3.28. The summed E-state index contributed by atoms with van der Waals surface area (Å²) >= 11 is 0. The predicted octanol–water partition coefficient (Wildman–Crippen LogP) is 3.61. The van der Waals surface area contributed by atoms with Crippen LogP contribution in [-0.2, 0) is 27.2 Å². The zero-order valence-electron chi connectivity index (χ0n) is 28.8. The number of aliphatic hydroxyl groups excluding tert-OH is 2. The van der Waals surface area contributed by atoms with Crippen LogP contribution < -0.4 is 21.1 Å². The molecule has 0 unspecified atom stereocenters. The summed E-state index contributed by atoms with van der Waals surface area (Å²) < 4.78 is 5.26. The predicted molar refractivity (Wildman–Crippen MR) is 182 cm³/mol. The lowest BCUT2D eigenvalue weighted by atomic mass is 9.82. The number of carbonyl (C=O) groups is 3. The van der Waals surface area contributed by atoms with Gasteiger partial charge in [0.15, 0.2) is 5.78 Å². The normalized spacial score (nSPS) is 17.4. The monoisotopic (exact) mass is 655 g/mol. The minimum absolute atomic E-state index is 0.0247. The van der Waals surface area contributed by atoms with E-state index in [0.717, 1.165) is 31.2 Å². The fourth-order valence-electron chi connectivity index (χ4n) is 6.46. The van der Waals surface area contributed by atoms with Crippen molar-refractivity contribution in [2.45, 2.75) is 128 Å². The highest BCUT2D eigenvalue weighted by Gasteiger charge is 2.35. The number of benzene rings is 1. The van der Waals surface area contributed by atoms with E-state index in [-0.39, 0.29) is 49.2 Å². The average Bonchev–Trinajstić information content (AvgIpc) is 3.52. The third-order valence-corrected chi connectivity index (χ3v) is 8.94. The molecule has 0 bridgehead atoms. The first-order valence-corrected chi connectivity index (χ1v) is 17.1. The number of hydrogen-bond acceptors (Lipinski definition) is 8. The van der Waals surface area contributed by atoms with Gasteiger partial charge in [0.2, 0.25) is 11.8 Å². The Kier molecular flexibility index (Phi) is 14.9. The van der Waals surface area contributed by atoms with Crippen LogP contribution in [0.3, 0.4) is 0 Å².